The van der Waals surface area contributed by atoms with Gasteiger partial charge in [0.2, 0.25) is 5.91 Å². The summed E-state index contributed by atoms with van der Waals surface area (Å²) >= 11 is 0. The van der Waals surface area contributed by atoms with Crippen molar-refractivity contribution in [2.24, 2.45) is 5.92 Å². The zero-order valence-corrected chi connectivity index (χ0v) is 19.9. The number of carboxylic acid groups (broad SMARTS) is 3. The summed E-state index contributed by atoms with van der Waals surface area (Å²) in [6.45, 7) is 5.72. The summed E-state index contributed by atoms with van der Waals surface area (Å²) < 4.78 is 5.09. The van der Waals surface area contributed by atoms with Gasteiger partial charge in [-0.3, -0.25) is 14.9 Å². The number of fused-ring (bicyclic) bond motifs is 1. The first-order chi connectivity index (χ1) is 16.0. The van der Waals surface area contributed by atoms with Crippen LogP contribution >= 0.6 is 0 Å². The van der Waals surface area contributed by atoms with Crippen LogP contribution in [0.5, 0.6) is 0 Å². The lowest BCUT2D eigenvalue weighted by atomic mass is 9.84. The first-order valence-electron chi connectivity index (χ1n) is 11.6. The summed E-state index contributed by atoms with van der Waals surface area (Å²) in [4.78, 5) is 57.6. The van der Waals surface area contributed by atoms with Crippen molar-refractivity contribution in [1.29, 1.82) is 0 Å². The van der Waals surface area contributed by atoms with E-state index in [4.69, 9.17) is 14.9 Å². The van der Waals surface area contributed by atoms with Crippen LogP contribution in [-0.4, -0.2) is 80.8 Å². The molecule has 0 unspecified atom stereocenters. The van der Waals surface area contributed by atoms with Crippen molar-refractivity contribution in [3.8, 4) is 0 Å². The van der Waals surface area contributed by atoms with Crippen LogP contribution in [0, 0.1) is 5.92 Å². The third-order valence-corrected chi connectivity index (χ3v) is 5.97. The van der Waals surface area contributed by atoms with Crippen LogP contribution in [-0.2, 0) is 28.7 Å². The zero-order chi connectivity index (χ0) is 25.8. The van der Waals surface area contributed by atoms with Gasteiger partial charge in [-0.05, 0) is 45.4 Å². The number of amides is 1. The number of aliphatic carboxylic acids is 3. The molecule has 5 atom stereocenters. The van der Waals surface area contributed by atoms with Crippen molar-refractivity contribution in [3.63, 3.8) is 0 Å². The van der Waals surface area contributed by atoms with Crippen LogP contribution in [0.4, 0.5) is 0 Å². The van der Waals surface area contributed by atoms with Gasteiger partial charge in [0.1, 0.15) is 12.1 Å². The van der Waals surface area contributed by atoms with E-state index >= 15 is 0 Å². The summed E-state index contributed by atoms with van der Waals surface area (Å²) in [5.74, 6) is -3.76. The molecule has 0 aromatic rings. The van der Waals surface area contributed by atoms with E-state index in [1.165, 1.54) is 0 Å². The molecule has 2 fully saturated rings. The number of carbonyl (C=O) groups is 5. The minimum Gasteiger partial charge on any atom is -0.480 e. The largest absolute Gasteiger partial charge is 0.480 e. The molecule has 0 radical (unpaired) electrons. The van der Waals surface area contributed by atoms with Gasteiger partial charge in [-0.15, -0.1) is 0 Å². The second-order valence-electron chi connectivity index (χ2n) is 8.44. The highest BCUT2D eigenvalue weighted by Crippen LogP contribution is 2.40. The lowest BCUT2D eigenvalue weighted by Gasteiger charge is -2.35. The van der Waals surface area contributed by atoms with E-state index in [2.05, 4.69) is 5.32 Å². The quantitative estimate of drug-likeness (QED) is 0.264. The Balaban J connectivity index is 0.000000620. The molecule has 0 aromatic heterocycles. The molecule has 11 heteroatoms. The Hall–Kier alpha value is -2.95. The normalized spacial score (nSPS) is 23.3. The predicted molar refractivity (Wildman–Crippen MR) is 121 cm³/mol. The van der Waals surface area contributed by atoms with Gasteiger partial charge in [-0.1, -0.05) is 26.2 Å². The Bertz CT molecular complexity index is 752. The highest BCUT2D eigenvalue weighted by atomic mass is 16.5. The summed E-state index contributed by atoms with van der Waals surface area (Å²) in [7, 11) is 0. The van der Waals surface area contributed by atoms with E-state index in [1.54, 1.807) is 18.7 Å². The molecule has 1 aliphatic heterocycles. The molecular weight excluding hydrogens is 448 g/mol. The van der Waals surface area contributed by atoms with Gasteiger partial charge < -0.3 is 25.0 Å². The molecule has 11 nitrogen and oxygen atoms in total. The van der Waals surface area contributed by atoms with Crippen LogP contribution in [0.15, 0.2) is 12.2 Å². The van der Waals surface area contributed by atoms with Crippen LogP contribution in [0.2, 0.25) is 0 Å². The average Bonchev–Trinajstić information content (AvgIpc) is 3.17. The number of nitrogens with zero attached hydrogens (tertiary/aromatic N) is 1. The number of esters is 1. The van der Waals surface area contributed by atoms with E-state index in [0.717, 1.165) is 32.1 Å². The zero-order valence-electron chi connectivity index (χ0n) is 19.9. The third kappa shape index (κ3) is 8.77. The molecule has 0 aromatic carbocycles. The fraction of sp³-hybridized carbons (Fsp3) is 0.696. The molecule has 0 bridgehead atoms. The van der Waals surface area contributed by atoms with Crippen molar-refractivity contribution >= 4 is 29.8 Å². The molecule has 0 spiro atoms. The molecule has 2 rings (SSSR count). The second kappa shape index (κ2) is 14.3. The van der Waals surface area contributed by atoms with E-state index < -0.39 is 36.0 Å². The predicted octanol–water partition coefficient (Wildman–Crippen LogP) is 1.65. The van der Waals surface area contributed by atoms with Crippen LogP contribution in [0.25, 0.3) is 0 Å². The summed E-state index contributed by atoms with van der Waals surface area (Å²) in [6.07, 6.45) is 6.99. The second-order valence-corrected chi connectivity index (χ2v) is 8.44. The molecule has 1 aliphatic carbocycles. The van der Waals surface area contributed by atoms with E-state index in [9.17, 15) is 29.1 Å². The van der Waals surface area contributed by atoms with Gasteiger partial charge in [-0.2, -0.15) is 0 Å². The number of hydrogen-bond acceptors (Lipinski definition) is 7. The van der Waals surface area contributed by atoms with Crippen LogP contribution < -0.4 is 5.32 Å². The topological polar surface area (TPSA) is 171 Å². The van der Waals surface area contributed by atoms with Crippen molar-refractivity contribution in [3.05, 3.63) is 12.2 Å². The Labute approximate surface area is 199 Å². The molecule has 1 saturated heterocycles. The molecule has 1 amide bonds. The molecular formula is C23H36N2O9. The Morgan fingerprint density at radius 3 is 2.12 bits per heavy atom. The maximum atomic E-state index is 13.1. The lowest BCUT2D eigenvalue weighted by molar-refractivity contribution is -0.152. The Kier molecular flexibility index (Phi) is 12.3. The molecule has 1 saturated carbocycles. The van der Waals surface area contributed by atoms with E-state index in [0.29, 0.717) is 31.6 Å². The van der Waals surface area contributed by atoms with Gasteiger partial charge in [0.15, 0.2) is 0 Å². The summed E-state index contributed by atoms with van der Waals surface area (Å²) in [5.41, 5.74) is 0. The van der Waals surface area contributed by atoms with Gasteiger partial charge in [0, 0.05) is 18.2 Å². The fourth-order valence-electron chi connectivity index (χ4n) is 4.54. The molecule has 1 heterocycles. The van der Waals surface area contributed by atoms with Crippen molar-refractivity contribution in [2.45, 2.75) is 89.9 Å². The van der Waals surface area contributed by atoms with Crippen molar-refractivity contribution in [2.75, 3.05) is 6.61 Å². The van der Waals surface area contributed by atoms with Crippen LogP contribution in [0.3, 0.4) is 0 Å². The van der Waals surface area contributed by atoms with Crippen molar-refractivity contribution < 1.29 is 44.0 Å². The third-order valence-electron chi connectivity index (χ3n) is 5.97. The first kappa shape index (κ1) is 29.1. The maximum Gasteiger partial charge on any atom is 0.328 e. The van der Waals surface area contributed by atoms with Crippen molar-refractivity contribution in [1.82, 2.24) is 10.2 Å². The van der Waals surface area contributed by atoms with Crippen LogP contribution in [0.1, 0.15) is 65.7 Å². The standard InChI is InChI=1S/C19H32N2O5.C4H4O4/c1-4-8-14(19(25)26-5-2)20-12(3)17(22)21-15-10-7-6-9-13(15)11-16(21)18(23)24;5-3(6)1-2-4(7)8/h12-16,20H,4-11H2,1-3H3,(H,23,24);1-2H,(H,5,6)(H,7,8)/b;2-1-/t12-,13-,14-,15-,16-;/m0./s1. The Morgan fingerprint density at radius 1 is 1.03 bits per heavy atom. The highest BCUT2D eigenvalue weighted by molar-refractivity contribution is 5.90. The van der Waals surface area contributed by atoms with E-state index in [1.807, 2.05) is 6.92 Å². The smallest absolute Gasteiger partial charge is 0.328 e. The summed E-state index contributed by atoms with van der Waals surface area (Å²) in [6, 6.07) is -1.92. The minimum atomic E-state index is -1.26. The number of hydrogen-bond donors (Lipinski definition) is 4. The molecule has 34 heavy (non-hydrogen) atoms. The Morgan fingerprint density at radius 2 is 1.62 bits per heavy atom. The molecule has 192 valence electrons. The van der Waals surface area contributed by atoms with E-state index in [-0.39, 0.29) is 23.8 Å². The number of nitrogens with one attached hydrogen (secondary N) is 1. The minimum absolute atomic E-state index is 0.00817. The van der Waals surface area contributed by atoms with Gasteiger partial charge in [-0.25, -0.2) is 14.4 Å². The fourth-order valence-corrected chi connectivity index (χ4v) is 4.54. The summed E-state index contributed by atoms with van der Waals surface area (Å²) in [5, 5.41) is 28.3. The highest BCUT2D eigenvalue weighted by Gasteiger charge is 2.48. The molecule has 4 N–H and O–H groups in total. The SMILES string of the molecule is CCC[C@H](N[C@@H](C)C(=O)N1[C@H](C(=O)O)C[C@@H]2CCCC[C@@H]21)C(=O)OCC.O=C(O)/C=C\C(=O)O. The van der Waals surface area contributed by atoms with Gasteiger partial charge in [0.05, 0.1) is 12.6 Å². The maximum absolute atomic E-state index is 13.1. The number of carbonyl (C=O) groups excluding carboxylic acids is 2. The monoisotopic (exact) mass is 484 g/mol. The van der Waals surface area contributed by atoms with Gasteiger partial charge >= 0.3 is 23.9 Å². The number of carboxylic acids is 3. The average molecular weight is 485 g/mol. The number of likely N-dealkylation sites (tertiary alicyclic amines) is 1. The number of ether oxygens (including phenoxy) is 1. The number of rotatable bonds is 10. The molecule has 2 aliphatic rings. The lowest BCUT2D eigenvalue weighted by Crippen LogP contribution is -2.55. The first-order valence-corrected chi connectivity index (χ1v) is 11.6. The van der Waals surface area contributed by atoms with Gasteiger partial charge in [0.25, 0.3) is 0 Å².